The summed E-state index contributed by atoms with van der Waals surface area (Å²) in [4.78, 5) is 10.5. The Morgan fingerprint density at radius 3 is 2.69 bits per heavy atom. The molecule has 0 N–H and O–H groups in total. The van der Waals surface area contributed by atoms with Gasteiger partial charge in [0.2, 0.25) is 10.0 Å². The van der Waals surface area contributed by atoms with Crippen molar-refractivity contribution >= 4 is 21.7 Å². The molecule has 0 spiro atoms. The van der Waals surface area contributed by atoms with Crippen LogP contribution in [0.3, 0.4) is 0 Å². The number of carbonyl (C=O) groups excluding carboxylic acids is 1. The van der Waals surface area contributed by atoms with E-state index in [1.165, 1.54) is 22.7 Å². The van der Waals surface area contributed by atoms with E-state index in [9.17, 15) is 22.7 Å². The van der Waals surface area contributed by atoms with Gasteiger partial charge in [-0.15, -0.1) is 0 Å². The number of fused-ring (bicyclic) bond motifs is 1. The number of rotatable bonds is 7. The third kappa shape index (κ3) is 5.94. The zero-order valence-electron chi connectivity index (χ0n) is 16.5. The number of hydrogen-bond acceptors (Lipinski definition) is 5. The molecule has 150 valence electrons. The summed E-state index contributed by atoms with van der Waals surface area (Å²) >= 11 is 0. The molecule has 0 amide bonds. The maximum atomic E-state index is 14.2. The number of nitrogens with zero attached hydrogens (tertiary/aromatic N) is 1. The van der Waals surface area contributed by atoms with Crippen LogP contribution in [-0.4, -0.2) is 27.2 Å². The first-order chi connectivity index (χ1) is 13.3. The number of hydrogen-bond donors (Lipinski definition) is 0. The van der Waals surface area contributed by atoms with Crippen molar-refractivity contribution < 1.29 is 57.0 Å². The van der Waals surface area contributed by atoms with E-state index in [2.05, 4.69) is 0 Å². The summed E-state index contributed by atoms with van der Waals surface area (Å²) in [6, 6.07) is 9.88. The van der Waals surface area contributed by atoms with Crippen LogP contribution in [-0.2, 0) is 34.3 Å². The summed E-state index contributed by atoms with van der Waals surface area (Å²) in [5.41, 5.74) is 2.31. The fourth-order valence-corrected chi connectivity index (χ4v) is 4.31. The minimum Gasteiger partial charge on any atom is -0.550 e. The van der Waals surface area contributed by atoms with Gasteiger partial charge < -0.3 is 14.6 Å². The van der Waals surface area contributed by atoms with Crippen molar-refractivity contribution in [2.45, 2.75) is 32.3 Å². The number of ether oxygens (including phenoxy) is 1. The van der Waals surface area contributed by atoms with Crippen LogP contribution in [0.25, 0.3) is 0 Å². The first-order valence-corrected chi connectivity index (χ1v) is 10.8. The Kier molecular flexibility index (Phi) is 8.10. The van der Waals surface area contributed by atoms with Crippen LogP contribution in [0.5, 0.6) is 5.75 Å². The van der Waals surface area contributed by atoms with E-state index in [4.69, 9.17) is 4.74 Å². The minimum atomic E-state index is -3.43. The number of sulfonamides is 1. The van der Waals surface area contributed by atoms with Crippen molar-refractivity contribution in [2.24, 2.45) is 0 Å². The number of carbonyl (C=O) groups is 1. The predicted octanol–water partition coefficient (Wildman–Crippen LogP) is -1.20. The average molecular weight is 429 g/mol. The van der Waals surface area contributed by atoms with E-state index in [0.717, 1.165) is 18.4 Å². The number of aryl methyl sites for hydroxylation is 2. The molecule has 0 saturated heterocycles. The molecule has 6 nitrogen and oxygen atoms in total. The smallest absolute Gasteiger partial charge is 0.550 e. The Labute approximate surface area is 192 Å². The fourth-order valence-electron chi connectivity index (χ4n) is 3.31. The van der Waals surface area contributed by atoms with E-state index in [0.29, 0.717) is 29.1 Å². The summed E-state index contributed by atoms with van der Waals surface area (Å²) in [6.07, 6.45) is 2.48. The molecule has 0 saturated carbocycles. The van der Waals surface area contributed by atoms with E-state index in [1.807, 2.05) is 12.1 Å². The summed E-state index contributed by atoms with van der Waals surface area (Å²) in [5.74, 6) is -1.30. The number of para-hydroxylation sites is 1. The van der Waals surface area contributed by atoms with E-state index >= 15 is 0 Å². The predicted molar refractivity (Wildman–Crippen MR) is 101 cm³/mol. The number of aliphatic carboxylic acids is 1. The van der Waals surface area contributed by atoms with Crippen molar-refractivity contribution in [3.8, 4) is 5.75 Å². The molecule has 29 heavy (non-hydrogen) atoms. The third-order valence-electron chi connectivity index (χ3n) is 4.65. The molecule has 0 atom stereocenters. The molecule has 9 heteroatoms. The molecule has 0 aromatic heterocycles. The molecule has 2 aromatic carbocycles. The van der Waals surface area contributed by atoms with Gasteiger partial charge >= 0.3 is 29.6 Å². The zero-order chi connectivity index (χ0) is 20.3. The van der Waals surface area contributed by atoms with Crippen LogP contribution in [0.2, 0.25) is 0 Å². The first-order valence-electron chi connectivity index (χ1n) is 8.95. The van der Waals surface area contributed by atoms with Gasteiger partial charge in [0.25, 0.3) is 0 Å². The van der Waals surface area contributed by atoms with Crippen molar-refractivity contribution in [3.63, 3.8) is 0 Å². The molecule has 3 rings (SSSR count). The maximum Gasteiger partial charge on any atom is 1.00 e. The first kappa shape index (κ1) is 23.7. The number of carboxylic acid groups (broad SMARTS) is 1. The van der Waals surface area contributed by atoms with E-state index in [1.54, 1.807) is 12.1 Å². The maximum absolute atomic E-state index is 14.2. The molecular weight excluding hydrogens is 408 g/mol. The van der Waals surface area contributed by atoms with Gasteiger partial charge in [0.15, 0.2) is 0 Å². The van der Waals surface area contributed by atoms with Gasteiger partial charge in [-0.05, 0) is 54.5 Å². The summed E-state index contributed by atoms with van der Waals surface area (Å²) in [6.45, 7) is 0.458. The Morgan fingerprint density at radius 2 is 2.03 bits per heavy atom. The van der Waals surface area contributed by atoms with Gasteiger partial charge in [-0.25, -0.2) is 12.8 Å². The molecular formula is C20H21FNNaO5S. The van der Waals surface area contributed by atoms with Crippen molar-refractivity contribution in [3.05, 3.63) is 58.9 Å². The fraction of sp³-hybridized carbons (Fsp3) is 0.350. The topological polar surface area (TPSA) is 86.7 Å². The second-order valence-corrected chi connectivity index (χ2v) is 8.70. The largest absolute Gasteiger partial charge is 1.00 e. The molecule has 1 heterocycles. The summed E-state index contributed by atoms with van der Waals surface area (Å²) in [7, 11) is -3.43. The van der Waals surface area contributed by atoms with Crippen LogP contribution >= 0.6 is 0 Å². The molecule has 0 bridgehead atoms. The van der Waals surface area contributed by atoms with E-state index < -0.39 is 21.8 Å². The molecule has 0 unspecified atom stereocenters. The van der Waals surface area contributed by atoms with Gasteiger partial charge in [0.05, 0.1) is 11.9 Å². The third-order valence-corrected chi connectivity index (χ3v) is 5.82. The monoisotopic (exact) mass is 429 g/mol. The number of anilines is 1. The number of carboxylic acids is 1. The Bertz CT molecular complexity index is 996. The average Bonchev–Trinajstić information content (AvgIpc) is 2.64. The molecule has 2 aromatic rings. The number of halogens is 1. The SMILES string of the molecule is CS(=O)(=O)N1CCCc2cccc(OCc3ccc(CCC(=O)[O-])c(F)c3)c21.[Na+]. The zero-order valence-corrected chi connectivity index (χ0v) is 19.3. The quantitative estimate of drug-likeness (QED) is 0.517. The van der Waals surface area contributed by atoms with Crippen molar-refractivity contribution in [2.75, 3.05) is 17.1 Å². The second-order valence-electron chi connectivity index (χ2n) is 6.79. The van der Waals surface area contributed by atoms with E-state index in [-0.39, 0.29) is 49.0 Å². The molecule has 0 aliphatic carbocycles. The van der Waals surface area contributed by atoms with Crippen LogP contribution in [0, 0.1) is 5.82 Å². The number of benzene rings is 2. The minimum absolute atomic E-state index is 0. The molecule has 1 aliphatic rings. The van der Waals surface area contributed by atoms with Gasteiger partial charge in [-0.1, -0.05) is 24.3 Å². The Hall–Kier alpha value is -1.61. The van der Waals surface area contributed by atoms with Crippen LogP contribution in [0.4, 0.5) is 10.1 Å². The summed E-state index contributed by atoms with van der Waals surface area (Å²) in [5, 5.41) is 10.5. The second kappa shape index (κ2) is 9.93. The van der Waals surface area contributed by atoms with Crippen LogP contribution in [0.1, 0.15) is 29.5 Å². The standard InChI is InChI=1S/C20H22FNO5S.Na/c1-28(25,26)22-11-3-5-16-4-2-6-18(20(16)22)27-13-14-7-8-15(17(21)12-14)9-10-19(23)24;/h2,4,6-8,12H,3,5,9-11,13H2,1H3,(H,23,24);/q;+1/p-1. The summed E-state index contributed by atoms with van der Waals surface area (Å²) < 4.78 is 45.6. The Morgan fingerprint density at radius 1 is 1.28 bits per heavy atom. The van der Waals surface area contributed by atoms with Gasteiger partial charge in [0.1, 0.15) is 18.2 Å². The van der Waals surface area contributed by atoms with Gasteiger partial charge in [-0.2, -0.15) is 0 Å². The molecule has 1 aliphatic heterocycles. The van der Waals surface area contributed by atoms with Crippen molar-refractivity contribution in [1.29, 1.82) is 0 Å². The Balaban J connectivity index is 0.00000300. The van der Waals surface area contributed by atoms with Crippen LogP contribution in [0.15, 0.2) is 36.4 Å². The van der Waals surface area contributed by atoms with Crippen molar-refractivity contribution in [1.82, 2.24) is 0 Å². The van der Waals surface area contributed by atoms with Gasteiger partial charge in [-0.3, -0.25) is 4.31 Å². The molecule has 0 radical (unpaired) electrons. The van der Waals surface area contributed by atoms with Crippen LogP contribution < -0.4 is 43.7 Å². The normalized spacial score (nSPS) is 13.4. The van der Waals surface area contributed by atoms with Gasteiger partial charge in [0, 0.05) is 12.5 Å². The molecule has 0 fully saturated rings.